The minimum atomic E-state index is -0.243. The Bertz CT molecular complexity index is 526. The Morgan fingerprint density at radius 3 is 2.63 bits per heavy atom. The smallest absolute Gasteiger partial charge is 0.256 e. The van der Waals surface area contributed by atoms with Crippen LogP contribution >= 0.6 is 12.2 Å². The van der Waals surface area contributed by atoms with Crippen LogP contribution in [0.4, 0.5) is 0 Å². The van der Waals surface area contributed by atoms with Crippen molar-refractivity contribution in [2.45, 2.75) is 19.9 Å². The van der Waals surface area contributed by atoms with Crippen LogP contribution < -0.4 is 10.6 Å². The molecule has 1 amide bonds. The molecule has 0 spiro atoms. The summed E-state index contributed by atoms with van der Waals surface area (Å²) in [4.78, 5) is 11.9. The highest BCUT2D eigenvalue weighted by Crippen LogP contribution is 2.27. The van der Waals surface area contributed by atoms with Gasteiger partial charge in [-0.1, -0.05) is 30.3 Å². The van der Waals surface area contributed by atoms with Gasteiger partial charge >= 0.3 is 0 Å². The van der Waals surface area contributed by atoms with E-state index in [4.69, 9.17) is 17.0 Å². The van der Waals surface area contributed by atoms with Gasteiger partial charge in [0.2, 0.25) is 0 Å². The van der Waals surface area contributed by atoms with Crippen LogP contribution in [-0.2, 0) is 9.53 Å². The van der Waals surface area contributed by atoms with Crippen LogP contribution in [0.15, 0.2) is 41.7 Å². The van der Waals surface area contributed by atoms with Crippen molar-refractivity contribution in [1.29, 1.82) is 0 Å². The summed E-state index contributed by atoms with van der Waals surface area (Å²) in [6.45, 7) is 4.13. The van der Waals surface area contributed by atoms with E-state index in [1.54, 1.807) is 6.92 Å². The fourth-order valence-corrected chi connectivity index (χ4v) is 2.20. The zero-order valence-electron chi connectivity index (χ0n) is 10.9. The molecule has 0 saturated heterocycles. The monoisotopic (exact) mass is 276 g/mol. The fraction of sp³-hybridized carbons (Fsp3) is 0.286. The van der Waals surface area contributed by atoms with Gasteiger partial charge in [-0.15, -0.1) is 0 Å². The summed E-state index contributed by atoms with van der Waals surface area (Å²) in [5.41, 5.74) is 1.55. The molecule has 100 valence electrons. The van der Waals surface area contributed by atoms with Crippen molar-refractivity contribution in [2.24, 2.45) is 0 Å². The Balaban J connectivity index is 2.47. The van der Waals surface area contributed by atoms with Crippen molar-refractivity contribution >= 4 is 23.2 Å². The molecule has 2 rings (SSSR count). The first kappa shape index (κ1) is 13.5. The maximum atomic E-state index is 11.9. The molecule has 1 aliphatic rings. The van der Waals surface area contributed by atoms with Gasteiger partial charge in [0.05, 0.1) is 12.2 Å². The molecule has 5 heteroatoms. The lowest BCUT2D eigenvalue weighted by Crippen LogP contribution is -2.38. The van der Waals surface area contributed by atoms with Crippen LogP contribution in [0.3, 0.4) is 0 Å². The van der Waals surface area contributed by atoms with E-state index in [2.05, 4.69) is 10.6 Å². The molecule has 1 aromatic carbocycles. The van der Waals surface area contributed by atoms with E-state index in [9.17, 15) is 4.79 Å². The van der Waals surface area contributed by atoms with Gasteiger partial charge in [0.1, 0.15) is 11.8 Å². The first-order valence-corrected chi connectivity index (χ1v) is 6.54. The van der Waals surface area contributed by atoms with Crippen molar-refractivity contribution in [3.05, 3.63) is 47.2 Å². The number of ether oxygens (including phenoxy) is 1. The Kier molecular flexibility index (Phi) is 4.16. The predicted octanol–water partition coefficient (Wildman–Crippen LogP) is 2.04. The molecule has 0 radical (unpaired) electrons. The average Bonchev–Trinajstić information content (AvgIpc) is 2.52. The molecule has 0 aliphatic carbocycles. The van der Waals surface area contributed by atoms with E-state index in [-0.39, 0.29) is 11.9 Å². The van der Waals surface area contributed by atoms with E-state index in [1.165, 1.54) is 0 Å². The second-order valence-electron chi connectivity index (χ2n) is 4.19. The summed E-state index contributed by atoms with van der Waals surface area (Å²) in [7, 11) is 0. The highest BCUT2D eigenvalue weighted by Gasteiger charge is 2.27. The molecule has 1 heterocycles. The van der Waals surface area contributed by atoms with E-state index in [1.807, 2.05) is 37.3 Å². The van der Waals surface area contributed by atoms with Crippen LogP contribution in [0.25, 0.3) is 0 Å². The molecular formula is C14H16N2O2S. The van der Waals surface area contributed by atoms with Gasteiger partial charge in [0.15, 0.2) is 5.11 Å². The number of carbonyl (C=O) groups is 1. The van der Waals surface area contributed by atoms with Crippen molar-refractivity contribution in [3.63, 3.8) is 0 Å². The lowest BCUT2D eigenvalue weighted by atomic mass is 10.0. The summed E-state index contributed by atoms with van der Waals surface area (Å²) in [5.74, 6) is 0.394. The Morgan fingerprint density at radius 2 is 2.00 bits per heavy atom. The molecular weight excluding hydrogens is 260 g/mol. The van der Waals surface area contributed by atoms with Gasteiger partial charge < -0.3 is 10.1 Å². The molecule has 0 bridgehead atoms. The molecule has 2 N–H and O–H groups in total. The normalized spacial score (nSPS) is 19.6. The highest BCUT2D eigenvalue weighted by atomic mass is 32.1. The zero-order valence-corrected chi connectivity index (χ0v) is 11.7. The molecule has 0 saturated carbocycles. The molecule has 0 aromatic heterocycles. The van der Waals surface area contributed by atoms with E-state index >= 15 is 0 Å². The van der Waals surface area contributed by atoms with Crippen LogP contribution in [0.5, 0.6) is 0 Å². The van der Waals surface area contributed by atoms with E-state index in [0.717, 1.165) is 5.56 Å². The molecule has 19 heavy (non-hydrogen) atoms. The van der Waals surface area contributed by atoms with Gasteiger partial charge in [-0.3, -0.25) is 10.1 Å². The maximum absolute atomic E-state index is 11.9. The number of thiocarbonyl (C=S) groups is 1. The zero-order chi connectivity index (χ0) is 13.8. The number of nitrogens with one attached hydrogen (secondary N) is 2. The second kappa shape index (κ2) is 5.84. The SMILES string of the molecule is CCOC1=C(C)C(=O)NC(=S)N[C@@H]1c1ccccc1. The van der Waals surface area contributed by atoms with E-state index < -0.39 is 0 Å². The number of benzene rings is 1. The molecule has 1 aromatic rings. The Hall–Kier alpha value is -1.88. The second-order valence-corrected chi connectivity index (χ2v) is 4.60. The quantitative estimate of drug-likeness (QED) is 0.830. The minimum Gasteiger partial charge on any atom is -0.495 e. The maximum Gasteiger partial charge on any atom is 0.256 e. The number of hydrogen-bond acceptors (Lipinski definition) is 3. The third-order valence-electron chi connectivity index (χ3n) is 2.91. The number of carbonyl (C=O) groups excluding carboxylic acids is 1. The summed E-state index contributed by atoms with van der Waals surface area (Å²) >= 11 is 5.11. The number of hydrogen-bond donors (Lipinski definition) is 2. The Morgan fingerprint density at radius 1 is 1.32 bits per heavy atom. The molecule has 0 unspecified atom stereocenters. The van der Waals surface area contributed by atoms with Crippen LogP contribution in [-0.4, -0.2) is 17.6 Å². The topological polar surface area (TPSA) is 50.4 Å². The number of rotatable bonds is 3. The Labute approximate surface area is 117 Å². The van der Waals surface area contributed by atoms with Gasteiger partial charge in [-0.2, -0.15) is 0 Å². The summed E-state index contributed by atoms with van der Waals surface area (Å²) in [5, 5.41) is 6.04. The van der Waals surface area contributed by atoms with Crippen molar-refractivity contribution in [1.82, 2.24) is 10.6 Å². The lowest BCUT2D eigenvalue weighted by Gasteiger charge is -2.21. The molecule has 1 aliphatic heterocycles. The fourth-order valence-electron chi connectivity index (χ4n) is 1.99. The van der Waals surface area contributed by atoms with Gasteiger partial charge in [-0.05, 0) is 31.6 Å². The first-order valence-electron chi connectivity index (χ1n) is 6.13. The van der Waals surface area contributed by atoms with E-state index in [0.29, 0.717) is 23.1 Å². The third kappa shape index (κ3) is 2.93. The predicted molar refractivity (Wildman–Crippen MR) is 77.4 cm³/mol. The average molecular weight is 276 g/mol. The van der Waals surface area contributed by atoms with Gasteiger partial charge in [0.25, 0.3) is 5.91 Å². The van der Waals surface area contributed by atoms with Crippen LogP contribution in [0.1, 0.15) is 25.5 Å². The standard InChI is InChI=1S/C14H16N2O2S/c1-3-18-12-9(2)13(17)16-14(19)15-11(12)10-7-5-4-6-8-10/h4-8,11H,3H2,1-2H3,(H2,15,16,17,19)/t11-/m1/s1. The summed E-state index contributed by atoms with van der Waals surface area (Å²) in [6, 6.07) is 9.54. The summed E-state index contributed by atoms with van der Waals surface area (Å²) < 4.78 is 5.66. The van der Waals surface area contributed by atoms with Crippen molar-refractivity contribution in [2.75, 3.05) is 6.61 Å². The highest BCUT2D eigenvalue weighted by molar-refractivity contribution is 7.80. The third-order valence-corrected chi connectivity index (χ3v) is 3.13. The van der Waals surface area contributed by atoms with Crippen molar-refractivity contribution in [3.8, 4) is 0 Å². The molecule has 4 nitrogen and oxygen atoms in total. The van der Waals surface area contributed by atoms with Crippen LogP contribution in [0, 0.1) is 0 Å². The van der Waals surface area contributed by atoms with Gasteiger partial charge in [0, 0.05) is 0 Å². The van der Waals surface area contributed by atoms with Gasteiger partial charge in [-0.25, -0.2) is 0 Å². The summed E-state index contributed by atoms with van der Waals surface area (Å²) in [6.07, 6.45) is 0. The largest absolute Gasteiger partial charge is 0.495 e. The minimum absolute atomic E-state index is 0.223. The van der Waals surface area contributed by atoms with Crippen LogP contribution in [0.2, 0.25) is 0 Å². The lowest BCUT2D eigenvalue weighted by molar-refractivity contribution is -0.116. The molecule has 1 atom stereocenters. The molecule has 0 fully saturated rings. The number of amides is 1. The first-order chi connectivity index (χ1) is 9.13. The van der Waals surface area contributed by atoms with Crippen molar-refractivity contribution < 1.29 is 9.53 Å².